The summed E-state index contributed by atoms with van der Waals surface area (Å²) in [4.78, 5) is 44.5. The first-order valence-corrected chi connectivity index (χ1v) is 11.5. The number of carbonyl (C=O) groups excluding carboxylic acids is 2. The average Bonchev–Trinajstić information content (AvgIpc) is 3.12. The number of nitrogens with one attached hydrogen (secondary N) is 1. The molecule has 154 valence electrons. The van der Waals surface area contributed by atoms with Crippen molar-refractivity contribution in [2.75, 3.05) is 5.32 Å². The minimum absolute atomic E-state index is 0.0423. The first kappa shape index (κ1) is 19.3. The zero-order chi connectivity index (χ0) is 20.7. The van der Waals surface area contributed by atoms with Crippen LogP contribution in [0.2, 0.25) is 0 Å². The van der Waals surface area contributed by atoms with Gasteiger partial charge in [0.25, 0.3) is 5.56 Å². The molecule has 0 unspecified atom stereocenters. The van der Waals surface area contributed by atoms with E-state index in [1.165, 1.54) is 34.0 Å². The summed E-state index contributed by atoms with van der Waals surface area (Å²) in [5.74, 6) is -0.702. The standard InChI is InChI=1S/C21H19N3O4S2/c25-18-9-12(22-21-24(18)14-6-2-4-8-16(14)30-21)11-28-19(26)10-17-20(27)23-13-5-1-3-7-15(13)29-17/h1,3,5,7,9,17H,2,4,6,8,10-11H2,(H,23,27)/t17-/m1/s1. The number of thioether (sulfide) groups is 1. The van der Waals surface area contributed by atoms with Gasteiger partial charge >= 0.3 is 5.97 Å². The Morgan fingerprint density at radius 1 is 1.23 bits per heavy atom. The van der Waals surface area contributed by atoms with Crippen molar-refractivity contribution >= 4 is 45.6 Å². The van der Waals surface area contributed by atoms with Crippen molar-refractivity contribution in [3.8, 4) is 0 Å². The molecule has 0 radical (unpaired) electrons. The normalized spacial score (nSPS) is 17.9. The summed E-state index contributed by atoms with van der Waals surface area (Å²) >= 11 is 2.89. The number of anilines is 1. The SMILES string of the molecule is O=C(C[C@H]1Sc2ccccc2NC1=O)OCc1cc(=O)n2c3c(sc2n1)CCCC3. The number of carbonyl (C=O) groups is 2. The molecule has 1 aromatic carbocycles. The van der Waals surface area contributed by atoms with E-state index in [-0.39, 0.29) is 24.5 Å². The smallest absolute Gasteiger partial charge is 0.307 e. The number of hydrogen-bond acceptors (Lipinski definition) is 7. The van der Waals surface area contributed by atoms with Crippen molar-refractivity contribution in [1.29, 1.82) is 0 Å². The van der Waals surface area contributed by atoms with Gasteiger partial charge in [-0.3, -0.25) is 18.8 Å². The first-order chi connectivity index (χ1) is 14.6. The van der Waals surface area contributed by atoms with Crippen LogP contribution in [0, 0.1) is 0 Å². The number of para-hydroxylation sites is 1. The molecule has 0 saturated carbocycles. The lowest BCUT2D eigenvalue weighted by Crippen LogP contribution is -2.31. The molecular weight excluding hydrogens is 422 g/mol. The Hall–Kier alpha value is -2.65. The van der Waals surface area contributed by atoms with E-state index < -0.39 is 11.2 Å². The van der Waals surface area contributed by atoms with Gasteiger partial charge in [0, 0.05) is 21.5 Å². The highest BCUT2D eigenvalue weighted by Crippen LogP contribution is 2.36. The number of aromatic nitrogens is 2. The number of nitrogens with zero attached hydrogens (tertiary/aromatic N) is 2. The Morgan fingerprint density at radius 2 is 2.07 bits per heavy atom. The fourth-order valence-corrected chi connectivity index (χ4v) is 6.13. The van der Waals surface area contributed by atoms with E-state index in [0.29, 0.717) is 10.7 Å². The fourth-order valence-electron chi connectivity index (χ4n) is 3.81. The minimum Gasteiger partial charge on any atom is -0.459 e. The monoisotopic (exact) mass is 441 g/mol. The third-order valence-corrected chi connectivity index (χ3v) is 7.67. The number of fused-ring (bicyclic) bond motifs is 4. The Bertz CT molecular complexity index is 1220. The van der Waals surface area contributed by atoms with E-state index in [2.05, 4.69) is 10.3 Å². The van der Waals surface area contributed by atoms with Crippen LogP contribution in [0.25, 0.3) is 4.96 Å². The summed E-state index contributed by atoms with van der Waals surface area (Å²) in [7, 11) is 0. The molecule has 2 aromatic heterocycles. The molecule has 1 N–H and O–H groups in total. The quantitative estimate of drug-likeness (QED) is 0.626. The Morgan fingerprint density at radius 3 is 2.97 bits per heavy atom. The van der Waals surface area contributed by atoms with Gasteiger partial charge in [-0.15, -0.1) is 23.1 Å². The second kappa shape index (κ2) is 7.88. The number of esters is 1. The Labute approximate surface area is 180 Å². The molecule has 3 aromatic rings. The highest BCUT2D eigenvalue weighted by molar-refractivity contribution is 8.01. The van der Waals surface area contributed by atoms with Crippen LogP contribution in [-0.4, -0.2) is 26.5 Å². The van der Waals surface area contributed by atoms with Gasteiger partial charge in [0.1, 0.15) is 6.61 Å². The van der Waals surface area contributed by atoms with Gasteiger partial charge in [0.2, 0.25) is 5.91 Å². The summed E-state index contributed by atoms with van der Waals surface area (Å²) in [5.41, 5.74) is 2.12. The average molecular weight is 442 g/mol. The summed E-state index contributed by atoms with van der Waals surface area (Å²) in [6, 6.07) is 8.91. The lowest BCUT2D eigenvalue weighted by molar-refractivity contribution is -0.145. The Kier molecular flexibility index (Phi) is 5.08. The Balaban J connectivity index is 1.26. The molecule has 1 atom stereocenters. The number of benzene rings is 1. The van der Waals surface area contributed by atoms with E-state index >= 15 is 0 Å². The van der Waals surface area contributed by atoms with Gasteiger partial charge in [-0.05, 0) is 37.8 Å². The zero-order valence-electron chi connectivity index (χ0n) is 16.1. The van der Waals surface area contributed by atoms with Gasteiger partial charge in [-0.2, -0.15) is 0 Å². The number of amides is 1. The van der Waals surface area contributed by atoms with Crippen LogP contribution >= 0.6 is 23.1 Å². The van der Waals surface area contributed by atoms with Crippen LogP contribution in [0.3, 0.4) is 0 Å². The molecule has 7 nitrogen and oxygen atoms in total. The lowest BCUT2D eigenvalue weighted by atomic mass is 10.0. The number of aryl methyl sites for hydroxylation is 2. The molecule has 0 saturated heterocycles. The third-order valence-electron chi connectivity index (χ3n) is 5.25. The van der Waals surface area contributed by atoms with Crippen molar-refractivity contribution < 1.29 is 14.3 Å². The van der Waals surface area contributed by atoms with Crippen molar-refractivity contribution in [1.82, 2.24) is 9.38 Å². The van der Waals surface area contributed by atoms with Crippen molar-refractivity contribution in [3.05, 3.63) is 57.0 Å². The maximum Gasteiger partial charge on any atom is 0.307 e. The molecule has 9 heteroatoms. The molecule has 30 heavy (non-hydrogen) atoms. The van der Waals surface area contributed by atoms with E-state index in [4.69, 9.17) is 4.74 Å². The molecule has 0 bridgehead atoms. The molecule has 1 aliphatic carbocycles. The third kappa shape index (κ3) is 3.63. The molecule has 0 spiro atoms. The van der Waals surface area contributed by atoms with E-state index in [1.54, 1.807) is 4.40 Å². The summed E-state index contributed by atoms with van der Waals surface area (Å²) in [5, 5.41) is 2.27. The zero-order valence-corrected chi connectivity index (χ0v) is 17.7. The van der Waals surface area contributed by atoms with Crippen LogP contribution < -0.4 is 10.9 Å². The number of hydrogen-bond donors (Lipinski definition) is 1. The number of thiazole rings is 1. The molecule has 3 heterocycles. The fraction of sp³-hybridized carbons (Fsp3) is 0.333. The van der Waals surface area contributed by atoms with Crippen LogP contribution in [-0.2, 0) is 33.8 Å². The maximum absolute atomic E-state index is 12.6. The van der Waals surface area contributed by atoms with E-state index in [9.17, 15) is 14.4 Å². The van der Waals surface area contributed by atoms with Gasteiger partial charge in [0.15, 0.2) is 4.96 Å². The molecule has 1 amide bonds. The van der Waals surface area contributed by atoms with Gasteiger partial charge in [0.05, 0.1) is 23.1 Å². The number of rotatable bonds is 4. The summed E-state index contributed by atoms with van der Waals surface area (Å²) in [6.45, 7) is -0.0806. The van der Waals surface area contributed by atoms with Crippen molar-refractivity contribution in [2.45, 2.75) is 48.9 Å². The molecular formula is C21H19N3O4S2. The summed E-state index contributed by atoms with van der Waals surface area (Å²) < 4.78 is 7.02. The van der Waals surface area contributed by atoms with Crippen LogP contribution in [0.1, 0.15) is 35.5 Å². The van der Waals surface area contributed by atoms with E-state index in [0.717, 1.165) is 42.0 Å². The molecule has 5 rings (SSSR count). The predicted molar refractivity (Wildman–Crippen MR) is 115 cm³/mol. The second-order valence-corrected chi connectivity index (χ2v) is 9.65. The first-order valence-electron chi connectivity index (χ1n) is 9.84. The topological polar surface area (TPSA) is 89.8 Å². The van der Waals surface area contributed by atoms with Crippen LogP contribution in [0.15, 0.2) is 40.0 Å². The van der Waals surface area contributed by atoms with Crippen LogP contribution in [0.4, 0.5) is 5.69 Å². The molecule has 0 fully saturated rings. The van der Waals surface area contributed by atoms with Gasteiger partial charge < -0.3 is 10.1 Å². The molecule has 1 aliphatic heterocycles. The van der Waals surface area contributed by atoms with Crippen molar-refractivity contribution in [2.24, 2.45) is 0 Å². The summed E-state index contributed by atoms with van der Waals surface area (Å²) in [6.07, 6.45) is 4.06. The van der Waals surface area contributed by atoms with Gasteiger partial charge in [-0.1, -0.05) is 12.1 Å². The highest BCUT2D eigenvalue weighted by Gasteiger charge is 2.29. The minimum atomic E-state index is -0.544. The predicted octanol–water partition coefficient (Wildman–Crippen LogP) is 3.18. The molecule has 2 aliphatic rings. The number of ether oxygens (including phenoxy) is 1. The van der Waals surface area contributed by atoms with E-state index in [1.807, 2.05) is 24.3 Å². The highest BCUT2D eigenvalue weighted by atomic mass is 32.2. The maximum atomic E-state index is 12.6. The van der Waals surface area contributed by atoms with Gasteiger partial charge in [-0.25, -0.2) is 4.98 Å². The van der Waals surface area contributed by atoms with Crippen molar-refractivity contribution in [3.63, 3.8) is 0 Å². The van der Waals surface area contributed by atoms with Crippen LogP contribution in [0.5, 0.6) is 0 Å². The second-order valence-electron chi connectivity index (χ2n) is 7.34. The largest absolute Gasteiger partial charge is 0.459 e. The lowest BCUT2D eigenvalue weighted by Gasteiger charge is -2.23.